The molecule has 0 saturated heterocycles. The number of carbonyl (C=O) groups is 1. The summed E-state index contributed by atoms with van der Waals surface area (Å²) < 4.78 is 14.5. The van der Waals surface area contributed by atoms with E-state index in [9.17, 15) is 9.59 Å². The Morgan fingerprint density at radius 1 is 1.16 bits per heavy atom. The van der Waals surface area contributed by atoms with Gasteiger partial charge in [0.1, 0.15) is 11.3 Å². The molecular weight excluding hydrogens is 408 g/mol. The van der Waals surface area contributed by atoms with E-state index in [1.807, 2.05) is 42.9 Å². The average Bonchev–Trinajstić information content (AvgIpc) is 3.47. The Hall–Kier alpha value is -3.55. The summed E-state index contributed by atoms with van der Waals surface area (Å²) >= 11 is 0. The van der Waals surface area contributed by atoms with Crippen LogP contribution in [0.1, 0.15) is 59.9 Å². The van der Waals surface area contributed by atoms with Crippen LogP contribution in [0, 0.1) is 13.8 Å². The number of furan rings is 1. The topological polar surface area (TPSA) is 95.2 Å². The number of rotatable bonds is 4. The van der Waals surface area contributed by atoms with Crippen molar-refractivity contribution in [1.29, 1.82) is 0 Å². The van der Waals surface area contributed by atoms with E-state index in [4.69, 9.17) is 8.94 Å². The lowest BCUT2D eigenvalue weighted by molar-refractivity contribution is 0.101. The van der Waals surface area contributed by atoms with Crippen LogP contribution in [-0.2, 0) is 7.05 Å². The van der Waals surface area contributed by atoms with E-state index in [-0.39, 0.29) is 17.3 Å². The molecule has 166 valence electrons. The molecule has 1 aliphatic carbocycles. The van der Waals surface area contributed by atoms with E-state index in [2.05, 4.69) is 10.5 Å². The normalized spacial score (nSPS) is 14.8. The lowest BCUT2D eigenvalue weighted by atomic mass is 9.96. The quantitative estimate of drug-likeness (QED) is 0.490. The monoisotopic (exact) mass is 434 g/mol. The van der Waals surface area contributed by atoms with Crippen molar-refractivity contribution < 1.29 is 13.7 Å². The van der Waals surface area contributed by atoms with Crippen LogP contribution in [0.3, 0.4) is 0 Å². The number of hydrogen-bond donors (Lipinski definition) is 1. The molecule has 8 nitrogen and oxygen atoms in total. The van der Waals surface area contributed by atoms with E-state index >= 15 is 0 Å². The minimum atomic E-state index is -0.455. The fraction of sp³-hybridized carbons (Fsp3) is 0.375. The van der Waals surface area contributed by atoms with Gasteiger partial charge in [0.05, 0.1) is 18.0 Å². The maximum absolute atomic E-state index is 13.2. The Bertz CT molecular complexity index is 1360. The van der Waals surface area contributed by atoms with Gasteiger partial charge in [-0.1, -0.05) is 24.4 Å². The molecular formula is C24H26N4O4. The van der Waals surface area contributed by atoms with Crippen LogP contribution >= 0.6 is 0 Å². The van der Waals surface area contributed by atoms with E-state index < -0.39 is 5.91 Å². The molecule has 3 heterocycles. The smallest absolute Gasteiger partial charge is 0.291 e. The number of anilines is 1. The van der Waals surface area contributed by atoms with E-state index in [0.717, 1.165) is 47.9 Å². The number of fused-ring (bicyclic) bond motifs is 1. The summed E-state index contributed by atoms with van der Waals surface area (Å²) in [6.07, 6.45) is 7.04. The van der Waals surface area contributed by atoms with Gasteiger partial charge in [-0.3, -0.25) is 14.3 Å². The van der Waals surface area contributed by atoms with Gasteiger partial charge in [0.25, 0.3) is 11.5 Å². The highest BCUT2D eigenvalue weighted by Gasteiger charge is 2.26. The molecule has 0 radical (unpaired) electrons. The van der Waals surface area contributed by atoms with Gasteiger partial charge in [-0.2, -0.15) is 0 Å². The Morgan fingerprint density at radius 2 is 1.94 bits per heavy atom. The summed E-state index contributed by atoms with van der Waals surface area (Å²) in [4.78, 5) is 26.2. The summed E-state index contributed by atoms with van der Waals surface area (Å²) in [6.45, 7) is 3.63. The SMILES string of the molecule is Cc1c(C(=O)Nc2c(C)n(C)n(C3CCCCC3)c2=O)noc1-c1ccc2occc2c1. The van der Waals surface area contributed by atoms with Crippen molar-refractivity contribution in [3.8, 4) is 11.3 Å². The predicted octanol–water partition coefficient (Wildman–Crippen LogP) is 4.96. The largest absolute Gasteiger partial charge is 0.464 e. The van der Waals surface area contributed by atoms with Crippen molar-refractivity contribution in [1.82, 2.24) is 14.5 Å². The first-order valence-corrected chi connectivity index (χ1v) is 11.0. The van der Waals surface area contributed by atoms with Gasteiger partial charge >= 0.3 is 0 Å². The second-order valence-corrected chi connectivity index (χ2v) is 8.54. The van der Waals surface area contributed by atoms with Crippen LogP contribution in [0.2, 0.25) is 0 Å². The Morgan fingerprint density at radius 3 is 2.72 bits per heavy atom. The first-order chi connectivity index (χ1) is 15.5. The highest BCUT2D eigenvalue weighted by molar-refractivity contribution is 6.04. The highest BCUT2D eigenvalue weighted by atomic mass is 16.5. The van der Waals surface area contributed by atoms with Gasteiger partial charge < -0.3 is 14.3 Å². The molecule has 8 heteroatoms. The summed E-state index contributed by atoms with van der Waals surface area (Å²) in [5, 5.41) is 7.74. The average molecular weight is 434 g/mol. The van der Waals surface area contributed by atoms with Gasteiger partial charge in [0, 0.05) is 23.6 Å². The Balaban J connectivity index is 1.44. The van der Waals surface area contributed by atoms with Crippen molar-refractivity contribution in [2.45, 2.75) is 52.0 Å². The molecule has 0 unspecified atom stereocenters. The third-order valence-electron chi connectivity index (χ3n) is 6.61. The van der Waals surface area contributed by atoms with Crippen LogP contribution in [0.25, 0.3) is 22.3 Å². The zero-order valence-electron chi connectivity index (χ0n) is 18.5. The van der Waals surface area contributed by atoms with Crippen molar-refractivity contribution in [2.75, 3.05) is 5.32 Å². The number of nitrogens with one attached hydrogen (secondary N) is 1. The minimum absolute atomic E-state index is 0.166. The van der Waals surface area contributed by atoms with E-state index in [0.29, 0.717) is 17.0 Å². The van der Waals surface area contributed by atoms with Crippen molar-refractivity contribution in [3.05, 3.63) is 57.8 Å². The molecule has 4 aromatic rings. The first-order valence-electron chi connectivity index (χ1n) is 11.0. The number of aromatic nitrogens is 3. The fourth-order valence-corrected chi connectivity index (χ4v) is 4.71. The third-order valence-corrected chi connectivity index (χ3v) is 6.61. The first kappa shape index (κ1) is 20.4. The van der Waals surface area contributed by atoms with Crippen LogP contribution < -0.4 is 10.9 Å². The Kier molecular flexibility index (Phi) is 5.00. The van der Waals surface area contributed by atoms with Crippen molar-refractivity contribution in [3.63, 3.8) is 0 Å². The summed E-state index contributed by atoms with van der Waals surface area (Å²) in [5.41, 5.74) is 3.21. The molecule has 1 aliphatic rings. The number of benzene rings is 1. The number of amides is 1. The molecule has 32 heavy (non-hydrogen) atoms. The van der Waals surface area contributed by atoms with Crippen molar-refractivity contribution in [2.24, 2.45) is 7.05 Å². The summed E-state index contributed by atoms with van der Waals surface area (Å²) in [6, 6.07) is 7.69. The predicted molar refractivity (Wildman–Crippen MR) is 121 cm³/mol. The molecule has 0 aliphatic heterocycles. The van der Waals surface area contributed by atoms with Crippen LogP contribution in [0.4, 0.5) is 5.69 Å². The summed E-state index contributed by atoms with van der Waals surface area (Å²) in [5.74, 6) is 0.0612. The van der Waals surface area contributed by atoms with Crippen molar-refractivity contribution >= 4 is 22.6 Å². The van der Waals surface area contributed by atoms with Gasteiger partial charge in [-0.25, -0.2) is 4.68 Å². The molecule has 1 saturated carbocycles. The lowest BCUT2D eigenvalue weighted by Gasteiger charge is -2.24. The fourth-order valence-electron chi connectivity index (χ4n) is 4.71. The molecule has 5 rings (SSSR count). The van der Waals surface area contributed by atoms with Crippen LogP contribution in [0.15, 0.2) is 44.3 Å². The van der Waals surface area contributed by atoms with Gasteiger partial charge in [-0.15, -0.1) is 0 Å². The second kappa shape index (κ2) is 7.85. The third kappa shape index (κ3) is 3.26. The second-order valence-electron chi connectivity index (χ2n) is 8.54. The molecule has 1 fully saturated rings. The van der Waals surface area contributed by atoms with Crippen LogP contribution in [-0.4, -0.2) is 20.4 Å². The zero-order valence-corrected chi connectivity index (χ0v) is 18.5. The van der Waals surface area contributed by atoms with Gasteiger partial charge in [0.15, 0.2) is 11.5 Å². The van der Waals surface area contributed by atoms with Crippen LogP contribution in [0.5, 0.6) is 0 Å². The molecule has 0 bridgehead atoms. The summed E-state index contributed by atoms with van der Waals surface area (Å²) in [7, 11) is 1.87. The molecule has 1 N–H and O–H groups in total. The molecule has 1 amide bonds. The number of hydrogen-bond acceptors (Lipinski definition) is 5. The number of nitrogens with zero attached hydrogens (tertiary/aromatic N) is 3. The van der Waals surface area contributed by atoms with Gasteiger partial charge in [-0.05, 0) is 51.0 Å². The lowest BCUT2D eigenvalue weighted by Crippen LogP contribution is -2.29. The van der Waals surface area contributed by atoms with E-state index in [1.165, 1.54) is 6.42 Å². The molecule has 0 atom stereocenters. The maximum atomic E-state index is 13.2. The molecule has 1 aromatic carbocycles. The number of carbonyl (C=O) groups excluding carboxylic acids is 1. The van der Waals surface area contributed by atoms with Gasteiger partial charge in [0.2, 0.25) is 0 Å². The van der Waals surface area contributed by atoms with E-state index in [1.54, 1.807) is 17.9 Å². The maximum Gasteiger partial charge on any atom is 0.291 e. The molecule has 3 aromatic heterocycles. The molecule has 0 spiro atoms. The Labute approximate surface area is 184 Å². The highest BCUT2D eigenvalue weighted by Crippen LogP contribution is 2.30. The standard InChI is InChI=1S/C24H26N4O4/c1-14-20(26-32-22(14)17-9-10-19-16(13-17)11-12-31-19)23(29)25-21-15(2)27(3)28(24(21)30)18-7-5-4-6-8-18/h9-13,18H,4-8H2,1-3H3,(H,25,29). The minimum Gasteiger partial charge on any atom is -0.464 e. The zero-order chi connectivity index (χ0) is 22.4.